The highest BCUT2D eigenvalue weighted by Crippen LogP contribution is 2.15. The van der Waals surface area contributed by atoms with Crippen molar-refractivity contribution in [1.29, 1.82) is 0 Å². The molecule has 0 spiro atoms. The summed E-state index contributed by atoms with van der Waals surface area (Å²) in [7, 11) is 0. The standard InChI is InChI=1S/C16H14O4/c1-12(17)19-11-13-7-9-15(10-8-13)20-16(18)14-5-3-2-4-6-14/h2-10H,11H2,1H3. The SMILES string of the molecule is CC(=O)OCc1ccc(OC(=O)c2ccccc2)cc1. The van der Waals surface area contributed by atoms with Crippen LogP contribution in [0.15, 0.2) is 54.6 Å². The molecular weight excluding hydrogens is 256 g/mol. The van der Waals surface area contributed by atoms with Gasteiger partial charge in [0.2, 0.25) is 0 Å². The van der Waals surface area contributed by atoms with Gasteiger partial charge in [0.15, 0.2) is 0 Å². The van der Waals surface area contributed by atoms with Crippen LogP contribution in [0.1, 0.15) is 22.8 Å². The minimum atomic E-state index is -0.404. The number of ether oxygens (including phenoxy) is 2. The van der Waals surface area contributed by atoms with E-state index in [4.69, 9.17) is 9.47 Å². The van der Waals surface area contributed by atoms with E-state index < -0.39 is 5.97 Å². The van der Waals surface area contributed by atoms with Crippen LogP contribution in [0.4, 0.5) is 0 Å². The molecule has 4 heteroatoms. The molecule has 4 nitrogen and oxygen atoms in total. The molecule has 0 radical (unpaired) electrons. The van der Waals surface area contributed by atoms with Gasteiger partial charge in [0, 0.05) is 6.92 Å². The summed E-state index contributed by atoms with van der Waals surface area (Å²) in [4.78, 5) is 22.5. The summed E-state index contributed by atoms with van der Waals surface area (Å²) in [5.41, 5.74) is 1.33. The zero-order valence-electron chi connectivity index (χ0n) is 11.0. The highest BCUT2D eigenvalue weighted by molar-refractivity contribution is 5.90. The molecule has 0 atom stereocenters. The number of carbonyl (C=O) groups is 2. The van der Waals surface area contributed by atoms with E-state index in [0.29, 0.717) is 11.3 Å². The number of benzene rings is 2. The van der Waals surface area contributed by atoms with Gasteiger partial charge >= 0.3 is 11.9 Å². The molecule has 2 aromatic carbocycles. The first-order valence-corrected chi connectivity index (χ1v) is 6.14. The minimum Gasteiger partial charge on any atom is -0.461 e. The van der Waals surface area contributed by atoms with Crippen LogP contribution in [-0.4, -0.2) is 11.9 Å². The summed E-state index contributed by atoms with van der Waals surface area (Å²) in [5.74, 6) is -0.284. The summed E-state index contributed by atoms with van der Waals surface area (Å²) in [6.45, 7) is 1.57. The third-order valence-corrected chi connectivity index (χ3v) is 2.59. The minimum absolute atomic E-state index is 0.211. The van der Waals surface area contributed by atoms with E-state index in [1.807, 2.05) is 6.07 Å². The van der Waals surface area contributed by atoms with Crippen molar-refractivity contribution in [3.63, 3.8) is 0 Å². The first-order valence-electron chi connectivity index (χ1n) is 6.14. The Balaban J connectivity index is 1.97. The van der Waals surface area contributed by atoms with Gasteiger partial charge in [0.05, 0.1) is 5.56 Å². The summed E-state index contributed by atoms with van der Waals surface area (Å²) in [5, 5.41) is 0. The Morgan fingerprint density at radius 2 is 1.60 bits per heavy atom. The fourth-order valence-electron chi connectivity index (χ4n) is 1.58. The third-order valence-electron chi connectivity index (χ3n) is 2.59. The van der Waals surface area contributed by atoms with Crippen molar-refractivity contribution in [3.05, 3.63) is 65.7 Å². The van der Waals surface area contributed by atoms with Crippen LogP contribution >= 0.6 is 0 Å². The number of esters is 2. The second kappa shape index (κ2) is 6.52. The number of rotatable bonds is 4. The maximum absolute atomic E-state index is 11.8. The van der Waals surface area contributed by atoms with Gasteiger partial charge in [-0.05, 0) is 29.8 Å². The van der Waals surface area contributed by atoms with Crippen LogP contribution in [0, 0.1) is 0 Å². The van der Waals surface area contributed by atoms with Crippen LogP contribution in [-0.2, 0) is 16.1 Å². The molecule has 0 aliphatic rings. The second-order valence-electron chi connectivity index (χ2n) is 4.18. The topological polar surface area (TPSA) is 52.6 Å². The average molecular weight is 270 g/mol. The fourth-order valence-corrected chi connectivity index (χ4v) is 1.58. The Kier molecular flexibility index (Phi) is 4.50. The molecule has 0 heterocycles. The largest absolute Gasteiger partial charge is 0.461 e. The van der Waals surface area contributed by atoms with E-state index in [1.54, 1.807) is 48.5 Å². The molecule has 102 valence electrons. The second-order valence-corrected chi connectivity index (χ2v) is 4.18. The van der Waals surface area contributed by atoms with Crippen molar-refractivity contribution in [3.8, 4) is 5.75 Å². The number of hydrogen-bond donors (Lipinski definition) is 0. The molecule has 0 fully saturated rings. The Morgan fingerprint density at radius 3 is 2.20 bits per heavy atom. The Morgan fingerprint density at radius 1 is 0.950 bits per heavy atom. The summed E-state index contributed by atoms with van der Waals surface area (Å²) in [6.07, 6.45) is 0. The summed E-state index contributed by atoms with van der Waals surface area (Å²) >= 11 is 0. The van der Waals surface area contributed by atoms with Crippen molar-refractivity contribution >= 4 is 11.9 Å². The molecule has 20 heavy (non-hydrogen) atoms. The lowest BCUT2D eigenvalue weighted by molar-refractivity contribution is -0.142. The van der Waals surface area contributed by atoms with Crippen molar-refractivity contribution in [2.24, 2.45) is 0 Å². The normalized spacial score (nSPS) is 9.85. The van der Waals surface area contributed by atoms with Gasteiger partial charge in [0.25, 0.3) is 0 Å². The lowest BCUT2D eigenvalue weighted by Crippen LogP contribution is -2.08. The molecule has 0 N–H and O–H groups in total. The molecule has 0 bridgehead atoms. The lowest BCUT2D eigenvalue weighted by atomic mass is 10.2. The summed E-state index contributed by atoms with van der Waals surface area (Å²) < 4.78 is 10.1. The van der Waals surface area contributed by atoms with Crippen molar-refractivity contribution in [2.75, 3.05) is 0 Å². The van der Waals surface area contributed by atoms with E-state index >= 15 is 0 Å². The molecule has 2 rings (SSSR count). The monoisotopic (exact) mass is 270 g/mol. The third kappa shape index (κ3) is 3.95. The maximum atomic E-state index is 11.8. The zero-order chi connectivity index (χ0) is 14.4. The highest BCUT2D eigenvalue weighted by Gasteiger charge is 2.07. The van der Waals surface area contributed by atoms with Crippen LogP contribution < -0.4 is 4.74 Å². The average Bonchev–Trinajstić information content (AvgIpc) is 2.47. The van der Waals surface area contributed by atoms with Crippen molar-refractivity contribution in [2.45, 2.75) is 13.5 Å². The first kappa shape index (κ1) is 13.8. The Hall–Kier alpha value is -2.62. The highest BCUT2D eigenvalue weighted by atomic mass is 16.5. The lowest BCUT2D eigenvalue weighted by Gasteiger charge is -2.06. The number of carbonyl (C=O) groups excluding carboxylic acids is 2. The Bertz CT molecular complexity index is 588. The number of hydrogen-bond acceptors (Lipinski definition) is 4. The van der Waals surface area contributed by atoms with E-state index in [1.165, 1.54) is 6.92 Å². The first-order chi connectivity index (χ1) is 9.65. The van der Waals surface area contributed by atoms with E-state index in [9.17, 15) is 9.59 Å². The predicted molar refractivity (Wildman–Crippen MR) is 73.3 cm³/mol. The van der Waals surface area contributed by atoms with E-state index in [0.717, 1.165) is 5.56 Å². The van der Waals surface area contributed by atoms with Gasteiger partial charge in [0.1, 0.15) is 12.4 Å². The molecule has 0 saturated carbocycles. The van der Waals surface area contributed by atoms with Crippen molar-refractivity contribution < 1.29 is 19.1 Å². The van der Waals surface area contributed by atoms with E-state index in [2.05, 4.69) is 0 Å². The molecular formula is C16H14O4. The molecule has 0 amide bonds. The quantitative estimate of drug-likeness (QED) is 0.633. The fraction of sp³-hybridized carbons (Fsp3) is 0.125. The molecule has 0 saturated heterocycles. The molecule has 0 aliphatic heterocycles. The predicted octanol–water partition coefficient (Wildman–Crippen LogP) is 2.97. The smallest absolute Gasteiger partial charge is 0.343 e. The van der Waals surface area contributed by atoms with Crippen LogP contribution in [0.5, 0.6) is 5.75 Å². The van der Waals surface area contributed by atoms with Gasteiger partial charge in [-0.15, -0.1) is 0 Å². The van der Waals surface area contributed by atoms with Gasteiger partial charge in [-0.2, -0.15) is 0 Å². The molecule has 0 aromatic heterocycles. The maximum Gasteiger partial charge on any atom is 0.343 e. The molecule has 0 unspecified atom stereocenters. The molecule has 0 aliphatic carbocycles. The molecule has 2 aromatic rings. The van der Waals surface area contributed by atoms with E-state index in [-0.39, 0.29) is 12.6 Å². The zero-order valence-corrected chi connectivity index (χ0v) is 11.0. The van der Waals surface area contributed by atoms with Gasteiger partial charge in [-0.1, -0.05) is 30.3 Å². The summed E-state index contributed by atoms with van der Waals surface area (Å²) in [6, 6.07) is 15.6. The van der Waals surface area contributed by atoms with Crippen LogP contribution in [0.2, 0.25) is 0 Å². The van der Waals surface area contributed by atoms with Crippen LogP contribution in [0.25, 0.3) is 0 Å². The van der Waals surface area contributed by atoms with Crippen molar-refractivity contribution in [1.82, 2.24) is 0 Å². The van der Waals surface area contributed by atoms with Gasteiger partial charge in [-0.3, -0.25) is 4.79 Å². The Labute approximate surface area is 116 Å². The van der Waals surface area contributed by atoms with Gasteiger partial charge < -0.3 is 9.47 Å². The van der Waals surface area contributed by atoms with Gasteiger partial charge in [-0.25, -0.2) is 4.79 Å². The van der Waals surface area contributed by atoms with Crippen LogP contribution in [0.3, 0.4) is 0 Å².